The van der Waals surface area contributed by atoms with Crippen molar-refractivity contribution in [1.29, 1.82) is 0 Å². The molecule has 0 bridgehead atoms. The number of carbonyl (C=O) groups excluding carboxylic acids is 1. The van der Waals surface area contributed by atoms with Crippen LogP contribution < -0.4 is 5.32 Å². The highest BCUT2D eigenvalue weighted by Crippen LogP contribution is 2.40. The van der Waals surface area contributed by atoms with E-state index in [1.807, 2.05) is 13.8 Å². The van der Waals surface area contributed by atoms with Crippen LogP contribution in [0.3, 0.4) is 0 Å². The summed E-state index contributed by atoms with van der Waals surface area (Å²) in [5, 5.41) is 14.2. The number of carbonyl (C=O) groups is 1. The van der Waals surface area contributed by atoms with E-state index in [0.717, 1.165) is 51.9 Å². The molecule has 1 aromatic heterocycles. The third-order valence-corrected chi connectivity index (χ3v) is 6.27. The van der Waals surface area contributed by atoms with Crippen molar-refractivity contribution in [2.45, 2.75) is 76.2 Å². The number of aliphatic hydroxyl groups excluding tert-OH is 1. The molecule has 1 spiro atoms. The lowest BCUT2D eigenvalue weighted by Crippen LogP contribution is -2.69. The normalized spacial score (nSPS) is 28.3. The second-order valence-corrected chi connectivity index (χ2v) is 8.40. The molecule has 1 aromatic rings. The molecule has 3 heterocycles. The Kier molecular flexibility index (Phi) is 6.61. The molecule has 2 fully saturated rings. The summed E-state index contributed by atoms with van der Waals surface area (Å²) in [6.07, 6.45) is 8.27. The predicted molar refractivity (Wildman–Crippen MR) is 105 cm³/mol. The van der Waals surface area contributed by atoms with Gasteiger partial charge >= 0.3 is 0 Å². The van der Waals surface area contributed by atoms with Crippen molar-refractivity contribution in [2.75, 3.05) is 26.2 Å². The first-order chi connectivity index (χ1) is 13.0. The van der Waals surface area contributed by atoms with Crippen LogP contribution in [0, 0.1) is 0 Å². The summed E-state index contributed by atoms with van der Waals surface area (Å²) in [5.41, 5.74) is -1.12. The fourth-order valence-corrected chi connectivity index (χ4v) is 4.57. The number of aromatic nitrogens is 1. The number of hydrogen-bond donors (Lipinski definition) is 2. The van der Waals surface area contributed by atoms with Gasteiger partial charge in [-0.3, -0.25) is 4.79 Å². The van der Waals surface area contributed by atoms with E-state index in [2.05, 4.69) is 39.3 Å². The highest BCUT2D eigenvalue weighted by molar-refractivity contribution is 5.76. The number of piperidine rings is 1. The lowest BCUT2D eigenvalue weighted by molar-refractivity contribution is -0.207. The summed E-state index contributed by atoms with van der Waals surface area (Å²) in [6, 6.07) is 4.12. The van der Waals surface area contributed by atoms with Crippen LogP contribution in [0.2, 0.25) is 0 Å². The van der Waals surface area contributed by atoms with Gasteiger partial charge in [-0.05, 0) is 57.7 Å². The van der Waals surface area contributed by atoms with Crippen molar-refractivity contribution in [3.8, 4) is 0 Å². The molecule has 2 N–H and O–H groups in total. The Morgan fingerprint density at radius 3 is 2.59 bits per heavy atom. The number of nitrogens with one attached hydrogen (secondary N) is 1. The lowest BCUT2D eigenvalue weighted by Gasteiger charge is -2.53. The van der Waals surface area contributed by atoms with Gasteiger partial charge in [-0.1, -0.05) is 6.92 Å². The van der Waals surface area contributed by atoms with Gasteiger partial charge in [0.2, 0.25) is 5.91 Å². The smallest absolute Gasteiger partial charge is 0.220 e. The van der Waals surface area contributed by atoms with E-state index in [4.69, 9.17) is 4.74 Å². The number of nitrogens with zero attached hydrogens (tertiary/aromatic N) is 2. The minimum absolute atomic E-state index is 0.0264. The first-order valence-corrected chi connectivity index (χ1v) is 10.4. The van der Waals surface area contributed by atoms with E-state index < -0.39 is 17.2 Å². The summed E-state index contributed by atoms with van der Waals surface area (Å²) in [6.45, 7) is 8.52. The van der Waals surface area contributed by atoms with E-state index in [-0.39, 0.29) is 5.91 Å². The Balaban J connectivity index is 1.51. The third-order valence-electron chi connectivity index (χ3n) is 6.27. The van der Waals surface area contributed by atoms with Gasteiger partial charge in [0.05, 0.1) is 11.1 Å². The molecule has 2 aliphatic heterocycles. The van der Waals surface area contributed by atoms with Crippen molar-refractivity contribution in [3.63, 3.8) is 0 Å². The number of rotatable bonds is 7. The molecule has 0 unspecified atom stereocenters. The van der Waals surface area contributed by atoms with Gasteiger partial charge in [-0.25, -0.2) is 0 Å². The van der Waals surface area contributed by atoms with Crippen LogP contribution in [0.5, 0.6) is 0 Å². The fourth-order valence-electron chi connectivity index (χ4n) is 4.57. The van der Waals surface area contributed by atoms with Crippen molar-refractivity contribution < 1.29 is 14.6 Å². The molecule has 3 rings (SSSR count). The van der Waals surface area contributed by atoms with Gasteiger partial charge in [-0.15, -0.1) is 0 Å². The average molecular weight is 378 g/mol. The zero-order valence-electron chi connectivity index (χ0n) is 16.8. The van der Waals surface area contributed by atoms with Crippen LogP contribution in [0.4, 0.5) is 0 Å². The largest absolute Gasteiger partial charge is 0.388 e. The van der Waals surface area contributed by atoms with Gasteiger partial charge in [0.15, 0.2) is 0 Å². The second-order valence-electron chi connectivity index (χ2n) is 8.40. The second kappa shape index (κ2) is 8.76. The topological polar surface area (TPSA) is 66.7 Å². The number of aliphatic hydroxyl groups is 1. The molecule has 0 radical (unpaired) electrons. The van der Waals surface area contributed by atoms with Crippen molar-refractivity contribution in [3.05, 3.63) is 24.5 Å². The standard InChI is InChI=1S/C21H35N3O3/c1-3-7-18(25)22-20(2)10-17-27-21(19(20)26)8-15-24(16-9-21)14-6-13-23-11-4-5-12-23/h4-5,11-12,19,26H,3,6-10,13-17H2,1-2H3,(H,22,25)/t19-,20+/m0/s1. The van der Waals surface area contributed by atoms with E-state index in [0.29, 0.717) is 19.4 Å². The predicted octanol–water partition coefficient (Wildman–Crippen LogP) is 2.17. The highest BCUT2D eigenvalue weighted by atomic mass is 16.5. The number of amides is 1. The molecule has 6 heteroatoms. The lowest BCUT2D eigenvalue weighted by atomic mass is 9.73. The number of hydrogen-bond acceptors (Lipinski definition) is 4. The van der Waals surface area contributed by atoms with E-state index >= 15 is 0 Å². The molecular weight excluding hydrogens is 342 g/mol. The molecule has 1 amide bonds. The summed E-state index contributed by atoms with van der Waals surface area (Å²) in [5.74, 6) is 0.0264. The summed E-state index contributed by atoms with van der Waals surface area (Å²) >= 11 is 0. The van der Waals surface area contributed by atoms with Crippen LogP contribution in [-0.4, -0.2) is 64.0 Å². The van der Waals surface area contributed by atoms with Crippen LogP contribution in [0.1, 0.15) is 52.4 Å². The first-order valence-electron chi connectivity index (χ1n) is 10.4. The molecule has 6 nitrogen and oxygen atoms in total. The fraction of sp³-hybridized carbons (Fsp3) is 0.762. The highest BCUT2D eigenvalue weighted by Gasteiger charge is 2.53. The van der Waals surface area contributed by atoms with Gasteiger partial charge in [0, 0.05) is 45.1 Å². The molecule has 2 saturated heterocycles. The zero-order chi connectivity index (χ0) is 19.3. The Bertz CT molecular complexity index is 596. The first kappa shape index (κ1) is 20.4. The molecule has 0 aliphatic carbocycles. The Morgan fingerprint density at radius 1 is 1.22 bits per heavy atom. The third kappa shape index (κ3) is 4.73. The van der Waals surface area contributed by atoms with E-state index in [9.17, 15) is 9.90 Å². The Hall–Kier alpha value is -1.37. The monoisotopic (exact) mass is 377 g/mol. The summed E-state index contributed by atoms with van der Waals surface area (Å²) in [7, 11) is 0. The van der Waals surface area contributed by atoms with Gasteiger partial charge in [-0.2, -0.15) is 0 Å². The van der Waals surface area contributed by atoms with Crippen LogP contribution in [-0.2, 0) is 16.1 Å². The molecule has 0 saturated carbocycles. The summed E-state index contributed by atoms with van der Waals surface area (Å²) in [4.78, 5) is 14.6. The van der Waals surface area contributed by atoms with Crippen LogP contribution in [0.15, 0.2) is 24.5 Å². The number of ether oxygens (including phenoxy) is 1. The van der Waals surface area contributed by atoms with Gasteiger partial charge < -0.3 is 24.6 Å². The van der Waals surface area contributed by atoms with Crippen LogP contribution in [0.25, 0.3) is 0 Å². The minimum atomic E-state index is -0.665. The molecule has 0 aromatic carbocycles. The zero-order valence-corrected chi connectivity index (χ0v) is 16.8. The molecule has 152 valence electrons. The Morgan fingerprint density at radius 2 is 1.93 bits per heavy atom. The maximum absolute atomic E-state index is 12.1. The summed E-state index contributed by atoms with van der Waals surface area (Å²) < 4.78 is 8.35. The van der Waals surface area contributed by atoms with E-state index in [1.165, 1.54) is 0 Å². The molecule has 27 heavy (non-hydrogen) atoms. The SMILES string of the molecule is CCCC(=O)N[C@]1(C)CCOC2(CCN(CCCn3cccc3)CC2)[C@H]1O. The van der Waals surface area contributed by atoms with Gasteiger partial charge in [0.25, 0.3) is 0 Å². The van der Waals surface area contributed by atoms with Crippen LogP contribution >= 0.6 is 0 Å². The van der Waals surface area contributed by atoms with Gasteiger partial charge in [0.1, 0.15) is 6.10 Å². The maximum atomic E-state index is 12.1. The molecule has 2 atom stereocenters. The number of aryl methyl sites for hydroxylation is 1. The molecule has 2 aliphatic rings. The van der Waals surface area contributed by atoms with Crippen molar-refractivity contribution in [1.82, 2.24) is 14.8 Å². The quantitative estimate of drug-likeness (QED) is 0.764. The Labute approximate surface area is 162 Å². The average Bonchev–Trinajstić information content (AvgIpc) is 3.15. The maximum Gasteiger partial charge on any atom is 0.220 e. The van der Waals surface area contributed by atoms with Crippen molar-refractivity contribution in [2.24, 2.45) is 0 Å². The minimum Gasteiger partial charge on any atom is -0.388 e. The number of likely N-dealkylation sites (tertiary alicyclic amines) is 1. The van der Waals surface area contributed by atoms with E-state index in [1.54, 1.807) is 0 Å². The van der Waals surface area contributed by atoms with Crippen molar-refractivity contribution >= 4 is 5.91 Å². The molecular formula is C21H35N3O3.